The number of thioether (sulfide) groups is 1. The Labute approximate surface area is 93.4 Å². The Morgan fingerprint density at radius 1 is 1.21 bits per heavy atom. The van der Waals surface area contributed by atoms with Crippen LogP contribution in [0.3, 0.4) is 0 Å². The van der Waals surface area contributed by atoms with Crippen molar-refractivity contribution in [3.05, 3.63) is 27.7 Å². The van der Waals surface area contributed by atoms with Crippen LogP contribution in [0.15, 0.2) is 17.0 Å². The largest absolute Gasteiger partial charge is 0.417 e. The third-order valence-electron chi connectivity index (χ3n) is 1.56. The molecule has 0 aromatic heterocycles. The minimum Gasteiger partial charge on any atom is -0.166 e. The second-order valence-electron chi connectivity index (χ2n) is 2.44. The molecule has 0 saturated heterocycles. The molecule has 0 amide bonds. The van der Waals surface area contributed by atoms with Crippen molar-refractivity contribution >= 4 is 35.0 Å². The molecule has 0 nitrogen and oxygen atoms in total. The zero-order valence-corrected chi connectivity index (χ0v) is 9.28. The van der Waals surface area contributed by atoms with E-state index in [0.717, 1.165) is 17.8 Å². The average Bonchev–Trinajstić information content (AvgIpc) is 2.02. The molecule has 0 unspecified atom stereocenters. The number of hydrogen-bond acceptors (Lipinski definition) is 1. The van der Waals surface area contributed by atoms with Gasteiger partial charge < -0.3 is 0 Å². The fourth-order valence-electron chi connectivity index (χ4n) is 0.939. The average molecular weight is 261 g/mol. The maximum Gasteiger partial charge on any atom is 0.417 e. The minimum absolute atomic E-state index is 0.232. The van der Waals surface area contributed by atoms with E-state index < -0.39 is 11.7 Å². The van der Waals surface area contributed by atoms with Gasteiger partial charge in [0.05, 0.1) is 15.6 Å². The molecule has 0 fully saturated rings. The van der Waals surface area contributed by atoms with E-state index in [1.165, 1.54) is 6.07 Å². The first-order valence-electron chi connectivity index (χ1n) is 3.47. The van der Waals surface area contributed by atoms with Gasteiger partial charge in [0.25, 0.3) is 0 Å². The van der Waals surface area contributed by atoms with Gasteiger partial charge in [-0.15, -0.1) is 11.8 Å². The van der Waals surface area contributed by atoms with Crippen molar-refractivity contribution in [2.75, 3.05) is 6.26 Å². The predicted octanol–water partition coefficient (Wildman–Crippen LogP) is 4.73. The molecule has 0 atom stereocenters. The van der Waals surface area contributed by atoms with Crippen LogP contribution in [0, 0.1) is 0 Å². The third kappa shape index (κ3) is 2.30. The molecule has 0 N–H and O–H groups in total. The van der Waals surface area contributed by atoms with E-state index in [0.29, 0.717) is 0 Å². The lowest BCUT2D eigenvalue weighted by Crippen LogP contribution is -2.06. The molecule has 0 aliphatic rings. The maximum absolute atomic E-state index is 12.4. The van der Waals surface area contributed by atoms with E-state index in [2.05, 4.69) is 0 Å². The Balaban J connectivity index is 3.36. The monoisotopic (exact) mass is 260 g/mol. The van der Waals surface area contributed by atoms with Gasteiger partial charge in [-0.2, -0.15) is 13.2 Å². The minimum atomic E-state index is -4.44. The molecule has 0 aliphatic heterocycles. The Morgan fingerprint density at radius 3 is 2.21 bits per heavy atom. The van der Waals surface area contributed by atoms with Gasteiger partial charge in [-0.05, 0) is 18.4 Å². The lowest BCUT2D eigenvalue weighted by Gasteiger charge is -2.12. The highest BCUT2D eigenvalue weighted by Gasteiger charge is 2.34. The Kier molecular flexibility index (Phi) is 3.61. The fraction of sp³-hybridized carbons (Fsp3) is 0.250. The zero-order valence-electron chi connectivity index (χ0n) is 6.95. The molecule has 0 spiro atoms. The molecular weight excluding hydrogens is 256 g/mol. The molecule has 0 aliphatic carbocycles. The van der Waals surface area contributed by atoms with Gasteiger partial charge in [-0.25, -0.2) is 0 Å². The lowest BCUT2D eigenvalue weighted by atomic mass is 10.2. The highest BCUT2D eigenvalue weighted by molar-refractivity contribution is 7.98. The number of halogens is 5. The van der Waals surface area contributed by atoms with Gasteiger partial charge in [0.1, 0.15) is 0 Å². The topological polar surface area (TPSA) is 0 Å². The predicted molar refractivity (Wildman–Crippen MR) is 53.2 cm³/mol. The van der Waals surface area contributed by atoms with Crippen molar-refractivity contribution in [1.82, 2.24) is 0 Å². The quantitative estimate of drug-likeness (QED) is 0.658. The van der Waals surface area contributed by atoms with Crippen molar-refractivity contribution in [1.29, 1.82) is 0 Å². The van der Waals surface area contributed by atoms with Crippen LogP contribution in [0.25, 0.3) is 0 Å². The van der Waals surface area contributed by atoms with Crippen molar-refractivity contribution in [2.45, 2.75) is 11.1 Å². The number of rotatable bonds is 1. The normalized spacial score (nSPS) is 11.9. The van der Waals surface area contributed by atoms with E-state index in [-0.39, 0.29) is 14.9 Å². The summed E-state index contributed by atoms with van der Waals surface area (Å²) in [5.41, 5.74) is -0.854. The summed E-state index contributed by atoms with van der Waals surface area (Å²) < 4.78 is 37.1. The van der Waals surface area contributed by atoms with E-state index in [9.17, 15) is 13.2 Å². The van der Waals surface area contributed by atoms with E-state index in [1.807, 2.05) is 0 Å². The molecule has 78 valence electrons. The first kappa shape index (κ1) is 12.0. The summed E-state index contributed by atoms with van der Waals surface area (Å²) in [7, 11) is 0. The molecule has 1 rings (SSSR count). The summed E-state index contributed by atoms with van der Waals surface area (Å²) in [6.45, 7) is 0. The van der Waals surface area contributed by atoms with Gasteiger partial charge in [0.2, 0.25) is 0 Å². The second kappa shape index (κ2) is 4.21. The molecule has 0 saturated carbocycles. The number of benzene rings is 1. The van der Waals surface area contributed by atoms with Gasteiger partial charge in [0, 0.05) is 4.90 Å². The van der Waals surface area contributed by atoms with Crippen LogP contribution < -0.4 is 0 Å². The third-order valence-corrected chi connectivity index (χ3v) is 3.32. The molecule has 1 aromatic rings. The Hall–Kier alpha value is -0.0600. The van der Waals surface area contributed by atoms with Crippen molar-refractivity contribution in [3.63, 3.8) is 0 Å². The summed E-state index contributed by atoms with van der Waals surface area (Å²) in [6, 6.07) is 2.08. The summed E-state index contributed by atoms with van der Waals surface area (Å²) in [6.07, 6.45) is -2.82. The van der Waals surface area contributed by atoms with Crippen LogP contribution >= 0.6 is 35.0 Å². The molecule has 0 bridgehead atoms. The van der Waals surface area contributed by atoms with Gasteiger partial charge in [0.15, 0.2) is 0 Å². The van der Waals surface area contributed by atoms with Crippen molar-refractivity contribution in [3.8, 4) is 0 Å². The van der Waals surface area contributed by atoms with Crippen LogP contribution in [-0.2, 0) is 6.18 Å². The molecule has 1 aromatic carbocycles. The fourth-order valence-corrected chi connectivity index (χ4v) is 2.43. The molecule has 0 radical (unpaired) electrons. The van der Waals surface area contributed by atoms with Crippen LogP contribution in [0.1, 0.15) is 5.56 Å². The molecular formula is C8H5Cl2F3S. The van der Waals surface area contributed by atoms with Crippen LogP contribution in [0.5, 0.6) is 0 Å². The summed E-state index contributed by atoms with van der Waals surface area (Å²) >= 11 is 12.3. The highest BCUT2D eigenvalue weighted by Crippen LogP contribution is 2.41. The smallest absolute Gasteiger partial charge is 0.166 e. The molecule has 0 heterocycles. The van der Waals surface area contributed by atoms with Crippen molar-refractivity contribution < 1.29 is 13.2 Å². The van der Waals surface area contributed by atoms with E-state index in [1.54, 1.807) is 6.26 Å². The van der Waals surface area contributed by atoms with E-state index >= 15 is 0 Å². The first-order valence-corrected chi connectivity index (χ1v) is 5.45. The highest BCUT2D eigenvalue weighted by atomic mass is 35.5. The van der Waals surface area contributed by atoms with Gasteiger partial charge in [-0.1, -0.05) is 23.2 Å². The first-order chi connectivity index (χ1) is 6.38. The second-order valence-corrected chi connectivity index (χ2v) is 4.04. The van der Waals surface area contributed by atoms with Gasteiger partial charge >= 0.3 is 6.18 Å². The van der Waals surface area contributed by atoms with Crippen LogP contribution in [0.4, 0.5) is 13.2 Å². The summed E-state index contributed by atoms with van der Waals surface area (Å²) in [5, 5.41) is -0.104. The number of alkyl halides is 3. The van der Waals surface area contributed by atoms with Crippen LogP contribution in [-0.4, -0.2) is 6.26 Å². The van der Waals surface area contributed by atoms with Gasteiger partial charge in [-0.3, -0.25) is 0 Å². The van der Waals surface area contributed by atoms with E-state index in [4.69, 9.17) is 23.2 Å². The lowest BCUT2D eigenvalue weighted by molar-refractivity contribution is -0.137. The molecule has 6 heteroatoms. The Morgan fingerprint density at radius 2 is 1.79 bits per heavy atom. The van der Waals surface area contributed by atoms with Crippen molar-refractivity contribution in [2.24, 2.45) is 0 Å². The Bertz CT molecular complexity index is 349. The maximum atomic E-state index is 12.4. The van der Waals surface area contributed by atoms with Crippen LogP contribution in [0.2, 0.25) is 10.0 Å². The summed E-state index contributed by atoms with van der Waals surface area (Å²) in [4.78, 5) is 0.253. The summed E-state index contributed by atoms with van der Waals surface area (Å²) in [5.74, 6) is 0. The zero-order chi connectivity index (χ0) is 10.9. The standard InChI is InChI=1S/C8H5Cl2F3S/c1-14-7-5(9)3-2-4(6(7)10)8(11,12)13/h2-3H,1H3. The number of hydrogen-bond donors (Lipinski definition) is 0. The molecule has 14 heavy (non-hydrogen) atoms. The SMILES string of the molecule is CSc1c(Cl)ccc(C(F)(F)F)c1Cl.